The molecular weight excluding hydrogens is 412 g/mol. The van der Waals surface area contributed by atoms with Crippen molar-refractivity contribution in [2.45, 2.75) is 43.7 Å². The van der Waals surface area contributed by atoms with Gasteiger partial charge in [-0.3, -0.25) is 9.69 Å². The van der Waals surface area contributed by atoms with Gasteiger partial charge in [0.2, 0.25) is 5.91 Å². The predicted octanol–water partition coefficient (Wildman–Crippen LogP) is 5.16. The minimum Gasteiger partial charge on any atom is -0.496 e. The zero-order valence-electron chi connectivity index (χ0n) is 19.2. The molecule has 5 nitrogen and oxygen atoms in total. The minimum atomic E-state index is -0.674. The zero-order chi connectivity index (χ0) is 22.8. The largest absolute Gasteiger partial charge is 0.496 e. The number of benzene rings is 3. The van der Waals surface area contributed by atoms with E-state index in [9.17, 15) is 9.90 Å². The second-order valence-electron chi connectivity index (χ2n) is 9.44. The smallest absolute Gasteiger partial charge is 0.238 e. The Labute approximate surface area is 195 Å². The maximum absolute atomic E-state index is 13.2. The molecule has 33 heavy (non-hydrogen) atoms. The van der Waals surface area contributed by atoms with Crippen LogP contribution in [0.1, 0.15) is 43.7 Å². The Bertz CT molecular complexity index is 1140. The van der Waals surface area contributed by atoms with Gasteiger partial charge in [0.25, 0.3) is 0 Å². The first-order valence-corrected chi connectivity index (χ1v) is 12.0. The first-order valence-electron chi connectivity index (χ1n) is 12.0. The molecular formula is C28H32N2O3. The van der Waals surface area contributed by atoms with Crippen LogP contribution in [-0.2, 0) is 4.79 Å². The molecule has 3 aromatic rings. The Hall–Kier alpha value is -2.89. The molecule has 2 aliphatic rings. The molecule has 3 atom stereocenters. The Morgan fingerprint density at radius 2 is 1.85 bits per heavy atom. The molecule has 0 unspecified atom stereocenters. The number of aliphatic hydroxyl groups is 1. The van der Waals surface area contributed by atoms with Crippen molar-refractivity contribution in [1.82, 2.24) is 4.90 Å². The van der Waals surface area contributed by atoms with Crippen molar-refractivity contribution in [3.05, 3.63) is 72.3 Å². The highest BCUT2D eigenvalue weighted by Gasteiger charge is 2.49. The second kappa shape index (κ2) is 9.16. The lowest BCUT2D eigenvalue weighted by Crippen LogP contribution is -2.56. The van der Waals surface area contributed by atoms with Crippen LogP contribution in [0.4, 0.5) is 5.69 Å². The molecule has 2 N–H and O–H groups in total. The lowest BCUT2D eigenvalue weighted by Gasteiger charge is -2.52. The molecule has 1 heterocycles. The number of amides is 1. The van der Waals surface area contributed by atoms with Crippen LogP contribution in [0.3, 0.4) is 0 Å². The molecule has 0 bridgehead atoms. The first kappa shape index (κ1) is 21.9. The van der Waals surface area contributed by atoms with Gasteiger partial charge in [-0.2, -0.15) is 0 Å². The first-order chi connectivity index (χ1) is 16.1. The van der Waals surface area contributed by atoms with Crippen LogP contribution in [0.5, 0.6) is 5.75 Å². The van der Waals surface area contributed by atoms with E-state index in [0.717, 1.165) is 53.5 Å². The molecule has 3 aromatic carbocycles. The van der Waals surface area contributed by atoms with Crippen LogP contribution in [-0.4, -0.2) is 41.7 Å². The summed E-state index contributed by atoms with van der Waals surface area (Å²) >= 11 is 0. The van der Waals surface area contributed by atoms with E-state index in [0.29, 0.717) is 13.0 Å². The van der Waals surface area contributed by atoms with Crippen LogP contribution in [0.25, 0.3) is 10.8 Å². The monoisotopic (exact) mass is 444 g/mol. The van der Waals surface area contributed by atoms with Gasteiger partial charge >= 0.3 is 0 Å². The van der Waals surface area contributed by atoms with Crippen LogP contribution < -0.4 is 10.1 Å². The van der Waals surface area contributed by atoms with Gasteiger partial charge in [0.1, 0.15) is 5.75 Å². The van der Waals surface area contributed by atoms with Crippen molar-refractivity contribution in [2.75, 3.05) is 25.5 Å². The molecule has 2 fully saturated rings. The number of carbonyl (C=O) groups is 1. The number of piperidine rings is 1. The minimum absolute atomic E-state index is 0.0347. The van der Waals surface area contributed by atoms with Gasteiger partial charge in [-0.15, -0.1) is 0 Å². The number of nitrogens with one attached hydrogen (secondary N) is 1. The summed E-state index contributed by atoms with van der Waals surface area (Å²) in [7, 11) is 1.69. The van der Waals surface area contributed by atoms with E-state index in [2.05, 4.69) is 28.4 Å². The van der Waals surface area contributed by atoms with Gasteiger partial charge in [0, 0.05) is 35.1 Å². The fraction of sp³-hybridized carbons (Fsp3) is 0.393. The van der Waals surface area contributed by atoms with Gasteiger partial charge in [-0.05, 0) is 36.8 Å². The summed E-state index contributed by atoms with van der Waals surface area (Å²) in [4.78, 5) is 15.5. The highest BCUT2D eigenvalue weighted by molar-refractivity contribution is 6.02. The van der Waals surface area contributed by atoms with Crippen molar-refractivity contribution in [3.8, 4) is 5.75 Å². The molecule has 0 spiro atoms. The number of ether oxygens (including phenoxy) is 1. The molecule has 5 rings (SSSR count). The quantitative estimate of drug-likeness (QED) is 0.571. The topological polar surface area (TPSA) is 61.8 Å². The normalized spacial score (nSPS) is 25.4. The molecule has 1 amide bonds. The molecule has 1 aliphatic carbocycles. The maximum Gasteiger partial charge on any atom is 0.238 e. The van der Waals surface area contributed by atoms with Crippen molar-refractivity contribution in [1.29, 1.82) is 0 Å². The number of likely N-dealkylation sites (tertiary alicyclic amines) is 1. The number of anilines is 1. The van der Waals surface area contributed by atoms with Gasteiger partial charge in [0.15, 0.2) is 0 Å². The Kier molecular flexibility index (Phi) is 6.09. The molecule has 1 saturated heterocycles. The third-order valence-electron chi connectivity index (χ3n) is 7.54. The third kappa shape index (κ3) is 4.23. The number of rotatable bonds is 5. The van der Waals surface area contributed by atoms with Crippen LogP contribution in [0, 0.1) is 5.92 Å². The number of carbonyl (C=O) groups excluding carboxylic acids is 1. The number of hydrogen-bond donors (Lipinski definition) is 2. The average molecular weight is 445 g/mol. The van der Waals surface area contributed by atoms with E-state index >= 15 is 0 Å². The summed E-state index contributed by atoms with van der Waals surface area (Å²) in [6.07, 6.45) is 4.66. The lowest BCUT2D eigenvalue weighted by molar-refractivity contribution is -0.135. The molecule has 1 saturated carbocycles. The summed E-state index contributed by atoms with van der Waals surface area (Å²) in [5, 5.41) is 16.8. The molecule has 172 valence electrons. The van der Waals surface area contributed by atoms with E-state index in [4.69, 9.17) is 4.74 Å². The SMILES string of the molecule is COc1ccccc1[C@@H]1[C@@H]2CCCC[C@@]2(O)CCN1CC(=O)Nc1cccc2ccccc12. The number of nitrogens with zero attached hydrogens (tertiary/aromatic N) is 1. The van der Waals surface area contributed by atoms with Gasteiger partial charge in [-0.1, -0.05) is 67.4 Å². The lowest BCUT2D eigenvalue weighted by atomic mass is 9.66. The van der Waals surface area contributed by atoms with E-state index in [1.165, 1.54) is 0 Å². The number of methoxy groups -OCH3 is 1. The molecule has 5 heteroatoms. The van der Waals surface area contributed by atoms with Crippen LogP contribution in [0.2, 0.25) is 0 Å². The van der Waals surface area contributed by atoms with Gasteiger partial charge in [-0.25, -0.2) is 0 Å². The maximum atomic E-state index is 13.2. The number of fused-ring (bicyclic) bond motifs is 2. The third-order valence-corrected chi connectivity index (χ3v) is 7.54. The number of para-hydroxylation sites is 1. The Morgan fingerprint density at radius 3 is 2.73 bits per heavy atom. The van der Waals surface area contributed by atoms with Crippen molar-refractivity contribution >= 4 is 22.4 Å². The van der Waals surface area contributed by atoms with E-state index in [1.807, 2.05) is 48.5 Å². The van der Waals surface area contributed by atoms with Gasteiger partial charge < -0.3 is 15.2 Å². The van der Waals surface area contributed by atoms with Crippen molar-refractivity contribution in [2.24, 2.45) is 5.92 Å². The van der Waals surface area contributed by atoms with E-state index in [1.54, 1.807) is 7.11 Å². The molecule has 1 aliphatic heterocycles. The van der Waals surface area contributed by atoms with Gasteiger partial charge in [0.05, 0.1) is 19.3 Å². The van der Waals surface area contributed by atoms with E-state index in [-0.39, 0.29) is 24.4 Å². The highest BCUT2D eigenvalue weighted by Crippen LogP contribution is 2.50. The predicted molar refractivity (Wildman–Crippen MR) is 131 cm³/mol. The van der Waals surface area contributed by atoms with Crippen LogP contribution in [0.15, 0.2) is 66.7 Å². The second-order valence-corrected chi connectivity index (χ2v) is 9.44. The van der Waals surface area contributed by atoms with E-state index < -0.39 is 5.60 Å². The fourth-order valence-corrected chi connectivity index (χ4v) is 5.95. The number of hydrogen-bond acceptors (Lipinski definition) is 4. The highest BCUT2D eigenvalue weighted by atomic mass is 16.5. The van der Waals surface area contributed by atoms with Crippen molar-refractivity contribution < 1.29 is 14.6 Å². The standard InChI is InChI=1S/C28H32N2O3/c1-33-25-15-5-4-12-22(25)27-23-13-6-7-16-28(23,32)17-18-30(27)19-26(31)29-24-14-8-10-20-9-2-3-11-21(20)24/h2-5,8-12,14-15,23,27,32H,6-7,13,16-19H2,1H3,(H,29,31)/t23-,27+,28+/m0/s1. The zero-order valence-corrected chi connectivity index (χ0v) is 19.2. The average Bonchev–Trinajstić information content (AvgIpc) is 2.84. The molecule has 0 radical (unpaired) electrons. The molecule has 0 aromatic heterocycles. The summed E-state index contributed by atoms with van der Waals surface area (Å²) in [5.74, 6) is 0.867. The summed E-state index contributed by atoms with van der Waals surface area (Å²) in [5.41, 5.74) is 1.22. The fourth-order valence-electron chi connectivity index (χ4n) is 5.95. The summed E-state index contributed by atoms with van der Waals surface area (Å²) in [6.45, 7) is 0.956. The Balaban J connectivity index is 1.43. The van der Waals surface area contributed by atoms with Crippen molar-refractivity contribution in [3.63, 3.8) is 0 Å². The summed E-state index contributed by atoms with van der Waals surface area (Å²) in [6, 6.07) is 22.0. The summed E-state index contributed by atoms with van der Waals surface area (Å²) < 4.78 is 5.70. The Morgan fingerprint density at radius 1 is 1.06 bits per heavy atom. The van der Waals surface area contributed by atoms with Crippen LogP contribution >= 0.6 is 0 Å².